The van der Waals surface area contributed by atoms with Gasteiger partial charge >= 0.3 is 0 Å². The molecule has 0 aromatic heterocycles. The lowest BCUT2D eigenvalue weighted by Crippen LogP contribution is -1.93. The van der Waals surface area contributed by atoms with Crippen molar-refractivity contribution in [3.8, 4) is 0 Å². The van der Waals surface area contributed by atoms with E-state index in [9.17, 15) is 4.79 Å². The molecular weight excluding hydrogens is 136 g/mol. The monoisotopic (exact) mass is 150 g/mol. The minimum atomic E-state index is 0. The molecule has 0 fully saturated rings. The maximum absolute atomic E-state index is 10.6. The predicted molar refractivity (Wildman–Crippen MR) is 42.1 cm³/mol. The molecule has 0 heterocycles. The van der Waals surface area contributed by atoms with Gasteiger partial charge in [0.1, 0.15) is 5.78 Å². The van der Waals surface area contributed by atoms with Crippen molar-refractivity contribution in [3.63, 3.8) is 0 Å². The molecule has 0 aliphatic carbocycles. The maximum Gasteiger partial charge on any atom is 0.132 e. The van der Waals surface area contributed by atoms with Crippen LogP contribution in [0.3, 0.4) is 0 Å². The minimum absolute atomic E-state index is 0. The third-order valence-electron chi connectivity index (χ3n) is 1.06. The normalized spacial score (nSPS) is 8.22. The molecule has 9 heavy (non-hydrogen) atoms. The molecule has 2 heteroatoms. The lowest BCUT2D eigenvalue weighted by molar-refractivity contribution is -0.119. The Morgan fingerprint density at radius 3 is 1.67 bits per heavy atom. The zero-order chi connectivity index (χ0) is 6.41. The molecule has 0 amide bonds. The summed E-state index contributed by atoms with van der Waals surface area (Å²) in [5.41, 5.74) is 0. The summed E-state index contributed by atoms with van der Waals surface area (Å²) in [7, 11) is 0. The summed E-state index contributed by atoms with van der Waals surface area (Å²) >= 11 is 0. The van der Waals surface area contributed by atoms with Gasteiger partial charge < -0.3 is 0 Å². The molecule has 0 N–H and O–H groups in total. The van der Waals surface area contributed by atoms with Crippen LogP contribution < -0.4 is 0 Å². The van der Waals surface area contributed by atoms with Gasteiger partial charge in [0, 0.05) is 12.8 Å². The first kappa shape index (κ1) is 11.7. The van der Waals surface area contributed by atoms with Crippen molar-refractivity contribution in [3.05, 3.63) is 0 Å². The molecule has 0 aliphatic rings. The summed E-state index contributed by atoms with van der Waals surface area (Å²) in [6, 6.07) is 0. The highest BCUT2D eigenvalue weighted by molar-refractivity contribution is 5.85. The molecule has 0 saturated carbocycles. The van der Waals surface area contributed by atoms with Crippen molar-refractivity contribution < 1.29 is 4.79 Å². The molecule has 0 unspecified atom stereocenters. The summed E-state index contributed by atoms with van der Waals surface area (Å²) in [6.07, 6.45) is 3.54. The first-order valence-corrected chi connectivity index (χ1v) is 3.33. The Morgan fingerprint density at radius 1 is 1.11 bits per heavy atom. The standard InChI is InChI=1S/C7H14O.ClH/c1-3-5-7(8)6-4-2;/h3-6H2,1-2H3;1H. The fraction of sp³-hybridized carbons (Fsp3) is 0.857. The third kappa shape index (κ3) is 7.96. The van der Waals surface area contributed by atoms with Crippen LogP contribution in [-0.4, -0.2) is 5.78 Å². The van der Waals surface area contributed by atoms with E-state index < -0.39 is 0 Å². The van der Waals surface area contributed by atoms with Gasteiger partial charge in [-0.2, -0.15) is 0 Å². The van der Waals surface area contributed by atoms with Gasteiger partial charge in [-0.25, -0.2) is 0 Å². The Labute approximate surface area is 63.2 Å². The smallest absolute Gasteiger partial charge is 0.132 e. The molecule has 0 aromatic rings. The van der Waals surface area contributed by atoms with Crippen molar-refractivity contribution in [2.45, 2.75) is 39.5 Å². The van der Waals surface area contributed by atoms with Crippen LogP contribution in [0.5, 0.6) is 0 Å². The third-order valence-corrected chi connectivity index (χ3v) is 1.06. The second kappa shape index (κ2) is 7.96. The number of hydrogen-bond acceptors (Lipinski definition) is 1. The van der Waals surface area contributed by atoms with E-state index in [2.05, 4.69) is 0 Å². The van der Waals surface area contributed by atoms with Crippen LogP contribution in [0.25, 0.3) is 0 Å². The van der Waals surface area contributed by atoms with Gasteiger partial charge in [-0.3, -0.25) is 4.79 Å². The number of carbonyl (C=O) groups excluding carboxylic acids is 1. The Bertz CT molecular complexity index is 63.3. The topological polar surface area (TPSA) is 17.1 Å². The predicted octanol–water partition coefficient (Wildman–Crippen LogP) is 2.58. The van der Waals surface area contributed by atoms with Crippen molar-refractivity contribution >= 4 is 18.2 Å². The second-order valence-corrected chi connectivity index (χ2v) is 2.04. The van der Waals surface area contributed by atoms with Crippen LogP contribution in [0.4, 0.5) is 0 Å². The van der Waals surface area contributed by atoms with Crippen LogP contribution in [0.2, 0.25) is 0 Å². The molecule has 0 aliphatic heterocycles. The van der Waals surface area contributed by atoms with E-state index in [1.54, 1.807) is 0 Å². The molecule has 0 rings (SSSR count). The second-order valence-electron chi connectivity index (χ2n) is 2.04. The molecule has 0 bridgehead atoms. The fourth-order valence-corrected chi connectivity index (χ4v) is 0.683. The summed E-state index contributed by atoms with van der Waals surface area (Å²) in [5, 5.41) is 0. The van der Waals surface area contributed by atoms with Crippen molar-refractivity contribution in [1.29, 1.82) is 0 Å². The summed E-state index contributed by atoms with van der Waals surface area (Å²) in [5.74, 6) is 0.412. The van der Waals surface area contributed by atoms with E-state index in [1.807, 2.05) is 13.8 Å². The highest BCUT2D eigenvalue weighted by atomic mass is 35.5. The van der Waals surface area contributed by atoms with E-state index >= 15 is 0 Å². The van der Waals surface area contributed by atoms with E-state index in [0.717, 1.165) is 25.7 Å². The Morgan fingerprint density at radius 2 is 1.44 bits per heavy atom. The van der Waals surface area contributed by atoms with Gasteiger partial charge in [-0.1, -0.05) is 13.8 Å². The number of Topliss-reactive ketones (excluding diaryl/α,β-unsaturated/α-hetero) is 1. The Balaban J connectivity index is 0. The van der Waals surface area contributed by atoms with Gasteiger partial charge in [-0.15, -0.1) is 12.4 Å². The van der Waals surface area contributed by atoms with Crippen LogP contribution in [-0.2, 0) is 4.79 Å². The lowest BCUT2D eigenvalue weighted by atomic mass is 10.1. The van der Waals surface area contributed by atoms with Crippen LogP contribution in [0.1, 0.15) is 39.5 Å². The Hall–Kier alpha value is -0.0400. The van der Waals surface area contributed by atoms with E-state index in [0.29, 0.717) is 5.78 Å². The molecule has 56 valence electrons. The summed E-state index contributed by atoms with van der Waals surface area (Å²) < 4.78 is 0. The number of rotatable bonds is 4. The fourth-order valence-electron chi connectivity index (χ4n) is 0.683. The number of ketones is 1. The number of halogens is 1. The molecule has 0 saturated heterocycles. The zero-order valence-electron chi connectivity index (χ0n) is 6.14. The van der Waals surface area contributed by atoms with E-state index in [-0.39, 0.29) is 12.4 Å². The van der Waals surface area contributed by atoms with E-state index in [4.69, 9.17) is 0 Å². The largest absolute Gasteiger partial charge is 0.300 e. The average molecular weight is 151 g/mol. The number of hydrogen-bond donors (Lipinski definition) is 0. The SMILES string of the molecule is CCCC(=O)CCC.Cl. The minimum Gasteiger partial charge on any atom is -0.300 e. The van der Waals surface area contributed by atoms with Gasteiger partial charge in [0.15, 0.2) is 0 Å². The first-order valence-electron chi connectivity index (χ1n) is 3.33. The first-order chi connectivity index (χ1) is 3.81. The summed E-state index contributed by atoms with van der Waals surface area (Å²) in [6.45, 7) is 4.07. The van der Waals surface area contributed by atoms with Crippen molar-refractivity contribution in [2.75, 3.05) is 0 Å². The molecule has 0 atom stereocenters. The highest BCUT2D eigenvalue weighted by Gasteiger charge is 1.94. The molecule has 0 radical (unpaired) electrons. The van der Waals surface area contributed by atoms with Crippen LogP contribution in [0, 0.1) is 0 Å². The van der Waals surface area contributed by atoms with Gasteiger partial charge in [0.25, 0.3) is 0 Å². The molecule has 0 spiro atoms. The Kier molecular flexibility index (Phi) is 10.4. The molecular formula is C7H15ClO. The zero-order valence-corrected chi connectivity index (χ0v) is 6.96. The van der Waals surface area contributed by atoms with Crippen LogP contribution in [0.15, 0.2) is 0 Å². The average Bonchev–Trinajstić information content (AvgIpc) is 1.68. The molecule has 0 aromatic carbocycles. The maximum atomic E-state index is 10.6. The van der Waals surface area contributed by atoms with E-state index in [1.165, 1.54) is 0 Å². The molecule has 1 nitrogen and oxygen atoms in total. The van der Waals surface area contributed by atoms with Gasteiger partial charge in [-0.05, 0) is 12.8 Å². The van der Waals surface area contributed by atoms with Gasteiger partial charge in [0.2, 0.25) is 0 Å². The van der Waals surface area contributed by atoms with Crippen LogP contribution >= 0.6 is 12.4 Å². The number of carbonyl (C=O) groups is 1. The van der Waals surface area contributed by atoms with Gasteiger partial charge in [0.05, 0.1) is 0 Å². The summed E-state index contributed by atoms with van der Waals surface area (Å²) in [4.78, 5) is 10.6. The lowest BCUT2D eigenvalue weighted by Gasteiger charge is -1.91. The van der Waals surface area contributed by atoms with Crippen molar-refractivity contribution in [2.24, 2.45) is 0 Å². The highest BCUT2D eigenvalue weighted by Crippen LogP contribution is 1.95. The van der Waals surface area contributed by atoms with Crippen molar-refractivity contribution in [1.82, 2.24) is 0 Å². The quantitative estimate of drug-likeness (QED) is 0.602.